The maximum Gasteiger partial charge on any atom is 0.276 e. The van der Waals surface area contributed by atoms with Crippen LogP contribution in [0.5, 0.6) is 0 Å². The van der Waals surface area contributed by atoms with Gasteiger partial charge in [0, 0.05) is 25.2 Å². The van der Waals surface area contributed by atoms with Gasteiger partial charge in [-0.05, 0) is 63.8 Å². The molecule has 192 valence electrons. The maximum atomic E-state index is 13.8. The summed E-state index contributed by atoms with van der Waals surface area (Å²) in [5.41, 5.74) is 0.649. The van der Waals surface area contributed by atoms with E-state index in [9.17, 15) is 14.4 Å². The fraction of sp³-hybridized carbons (Fsp3) is 0.500. The quantitative estimate of drug-likeness (QED) is 0.547. The SMILES string of the molecule is Cc1cc(Nc2ncnc3sc(C(=O)N4C[C@@H]5C[C@H]4CN5C)cc23)c(=O)n2c1C(=O)NC21CCCCC1. The first-order chi connectivity index (χ1) is 17.8. The van der Waals surface area contributed by atoms with E-state index in [1.54, 1.807) is 10.6 Å². The van der Waals surface area contributed by atoms with Gasteiger partial charge in [-0.1, -0.05) is 6.42 Å². The monoisotopic (exact) mass is 519 g/mol. The van der Waals surface area contributed by atoms with Crippen molar-refractivity contribution in [1.82, 2.24) is 29.7 Å². The summed E-state index contributed by atoms with van der Waals surface area (Å²) >= 11 is 1.36. The number of nitrogens with one attached hydrogen (secondary N) is 2. The molecule has 3 aromatic heterocycles. The summed E-state index contributed by atoms with van der Waals surface area (Å²) in [4.78, 5) is 54.4. The predicted molar refractivity (Wildman–Crippen MR) is 141 cm³/mol. The van der Waals surface area contributed by atoms with E-state index < -0.39 is 5.66 Å². The summed E-state index contributed by atoms with van der Waals surface area (Å²) < 4.78 is 1.67. The minimum absolute atomic E-state index is 0.0341. The average Bonchev–Trinajstić information content (AvgIpc) is 3.64. The standard InChI is InChI=1S/C26H29N7O3S/c1-14-8-18(24(35)33-20(14)22(34)30-26(33)6-4-3-5-7-26)29-21-17-10-19(37-23(17)28-13-27-21)25(36)32-12-15-9-16(32)11-31(15)2/h8,10,13,15-16H,3-7,9,11-12H2,1-2H3,(H,30,34)(H,27,28,29)/t15-,16-/m0/s1. The van der Waals surface area contributed by atoms with E-state index in [-0.39, 0.29) is 23.4 Å². The zero-order chi connectivity index (χ0) is 25.5. The molecule has 37 heavy (non-hydrogen) atoms. The summed E-state index contributed by atoms with van der Waals surface area (Å²) in [6.45, 7) is 3.52. The van der Waals surface area contributed by atoms with Gasteiger partial charge in [0.1, 0.15) is 34.0 Å². The molecule has 0 radical (unpaired) electrons. The molecule has 7 rings (SSSR count). The molecular formula is C26H29N7O3S. The van der Waals surface area contributed by atoms with Gasteiger partial charge in [0.15, 0.2) is 0 Å². The molecule has 11 heteroatoms. The van der Waals surface area contributed by atoms with Crippen molar-refractivity contribution in [3.05, 3.63) is 44.9 Å². The lowest BCUT2D eigenvalue weighted by Crippen LogP contribution is -2.48. The Morgan fingerprint density at radius 1 is 1.14 bits per heavy atom. The van der Waals surface area contributed by atoms with Crippen molar-refractivity contribution in [2.24, 2.45) is 0 Å². The first kappa shape index (κ1) is 22.9. The number of likely N-dealkylation sites (tertiary alicyclic amines) is 2. The van der Waals surface area contributed by atoms with Crippen LogP contribution in [-0.4, -0.2) is 68.4 Å². The van der Waals surface area contributed by atoms with Crippen LogP contribution in [-0.2, 0) is 5.66 Å². The van der Waals surface area contributed by atoms with E-state index >= 15 is 0 Å². The van der Waals surface area contributed by atoms with Gasteiger partial charge in [-0.25, -0.2) is 9.97 Å². The number of thiophene rings is 1. The number of anilines is 2. The number of hydrogen-bond donors (Lipinski definition) is 2. The second-order valence-electron chi connectivity index (χ2n) is 10.9. The highest BCUT2D eigenvalue weighted by atomic mass is 32.1. The molecule has 2 atom stereocenters. The molecule has 1 spiro atoms. The Kier molecular flexibility index (Phi) is 5.00. The van der Waals surface area contributed by atoms with Crippen molar-refractivity contribution < 1.29 is 9.59 Å². The van der Waals surface area contributed by atoms with E-state index in [2.05, 4.69) is 32.5 Å². The number of piperazine rings is 1. The topological polar surface area (TPSA) is 112 Å². The van der Waals surface area contributed by atoms with Gasteiger partial charge in [-0.3, -0.25) is 23.9 Å². The summed E-state index contributed by atoms with van der Waals surface area (Å²) in [5.74, 6) is 0.331. The number of aryl methyl sites for hydroxylation is 1. The summed E-state index contributed by atoms with van der Waals surface area (Å²) in [7, 11) is 2.12. The Labute approximate surface area is 217 Å². The Bertz CT molecular complexity index is 1520. The minimum Gasteiger partial charge on any atom is -0.335 e. The number of rotatable bonds is 3. The van der Waals surface area contributed by atoms with E-state index in [1.807, 2.05) is 17.9 Å². The molecule has 2 saturated heterocycles. The van der Waals surface area contributed by atoms with Crippen molar-refractivity contribution in [2.75, 3.05) is 25.5 Å². The van der Waals surface area contributed by atoms with Crippen LogP contribution in [0, 0.1) is 6.92 Å². The Balaban J connectivity index is 1.25. The van der Waals surface area contributed by atoms with Crippen molar-refractivity contribution in [3.8, 4) is 0 Å². The van der Waals surface area contributed by atoms with Gasteiger partial charge >= 0.3 is 0 Å². The predicted octanol–water partition coefficient (Wildman–Crippen LogP) is 2.79. The van der Waals surface area contributed by atoms with Gasteiger partial charge in [0.25, 0.3) is 17.4 Å². The van der Waals surface area contributed by atoms with Crippen LogP contribution in [0.2, 0.25) is 0 Å². The van der Waals surface area contributed by atoms with E-state index in [0.29, 0.717) is 38.3 Å². The van der Waals surface area contributed by atoms with E-state index in [0.717, 1.165) is 57.2 Å². The highest BCUT2D eigenvalue weighted by Gasteiger charge is 2.46. The lowest BCUT2D eigenvalue weighted by molar-refractivity contribution is 0.0655. The second kappa shape index (κ2) is 8.09. The molecule has 3 aromatic rings. The first-order valence-electron chi connectivity index (χ1n) is 13.0. The molecule has 0 unspecified atom stereocenters. The Morgan fingerprint density at radius 3 is 2.68 bits per heavy atom. The lowest BCUT2D eigenvalue weighted by atomic mass is 9.89. The van der Waals surface area contributed by atoms with Gasteiger partial charge in [-0.15, -0.1) is 11.3 Å². The number of aromatic nitrogens is 3. The molecule has 0 aromatic carbocycles. The molecule has 10 nitrogen and oxygen atoms in total. The number of nitrogens with zero attached hydrogens (tertiary/aromatic N) is 5. The summed E-state index contributed by atoms with van der Waals surface area (Å²) in [6, 6.07) is 4.25. The van der Waals surface area contributed by atoms with Crippen LogP contribution in [0.4, 0.5) is 11.5 Å². The van der Waals surface area contributed by atoms with Crippen LogP contribution < -0.4 is 16.2 Å². The molecule has 2 N–H and O–H groups in total. The molecule has 1 aliphatic carbocycles. The van der Waals surface area contributed by atoms with Crippen LogP contribution in [0.3, 0.4) is 0 Å². The minimum atomic E-state index is -0.656. The summed E-state index contributed by atoms with van der Waals surface area (Å²) in [5, 5.41) is 7.06. The van der Waals surface area contributed by atoms with Crippen LogP contribution in [0.15, 0.2) is 23.3 Å². The molecule has 2 bridgehead atoms. The largest absolute Gasteiger partial charge is 0.335 e. The number of amides is 2. The molecule has 3 aliphatic heterocycles. The zero-order valence-corrected chi connectivity index (χ0v) is 21.7. The third-order valence-corrected chi connectivity index (χ3v) is 9.66. The molecule has 4 aliphatic rings. The first-order valence-corrected chi connectivity index (χ1v) is 13.8. The smallest absolute Gasteiger partial charge is 0.276 e. The van der Waals surface area contributed by atoms with Gasteiger partial charge in [0.05, 0.1) is 10.3 Å². The Morgan fingerprint density at radius 2 is 1.95 bits per heavy atom. The van der Waals surface area contributed by atoms with Gasteiger partial charge in [0.2, 0.25) is 0 Å². The third kappa shape index (κ3) is 3.36. The fourth-order valence-electron chi connectivity index (χ4n) is 6.78. The van der Waals surface area contributed by atoms with Crippen molar-refractivity contribution in [3.63, 3.8) is 0 Å². The maximum absolute atomic E-state index is 13.8. The number of carbonyl (C=O) groups excluding carboxylic acids is 2. The lowest BCUT2D eigenvalue weighted by Gasteiger charge is -2.35. The molecule has 3 fully saturated rings. The van der Waals surface area contributed by atoms with E-state index in [1.165, 1.54) is 17.7 Å². The van der Waals surface area contributed by atoms with Crippen LogP contribution >= 0.6 is 11.3 Å². The fourth-order valence-corrected chi connectivity index (χ4v) is 7.73. The Hall–Kier alpha value is -3.31. The number of fused-ring (bicyclic) bond motifs is 5. The normalized spacial score (nSPS) is 24.2. The van der Waals surface area contributed by atoms with Crippen molar-refractivity contribution in [2.45, 2.75) is 63.2 Å². The number of likely N-dealkylation sites (N-methyl/N-ethyl adjacent to an activating group) is 1. The van der Waals surface area contributed by atoms with Crippen molar-refractivity contribution >= 4 is 44.9 Å². The van der Waals surface area contributed by atoms with E-state index in [4.69, 9.17) is 0 Å². The van der Waals surface area contributed by atoms with Crippen LogP contribution in [0.25, 0.3) is 10.2 Å². The number of hydrogen-bond acceptors (Lipinski definition) is 8. The molecule has 1 saturated carbocycles. The zero-order valence-electron chi connectivity index (χ0n) is 20.9. The highest BCUT2D eigenvalue weighted by Crippen LogP contribution is 2.38. The average molecular weight is 520 g/mol. The van der Waals surface area contributed by atoms with Crippen LogP contribution in [0.1, 0.15) is 64.2 Å². The second-order valence-corrected chi connectivity index (χ2v) is 11.9. The molecule has 6 heterocycles. The van der Waals surface area contributed by atoms with Gasteiger partial charge in [-0.2, -0.15) is 0 Å². The number of carbonyl (C=O) groups is 2. The van der Waals surface area contributed by atoms with Crippen molar-refractivity contribution in [1.29, 1.82) is 0 Å². The molecule has 2 amide bonds. The number of pyridine rings is 1. The summed E-state index contributed by atoms with van der Waals surface area (Å²) in [6.07, 6.45) is 7.01. The highest BCUT2D eigenvalue weighted by molar-refractivity contribution is 7.20. The van der Waals surface area contributed by atoms with Gasteiger partial charge < -0.3 is 15.5 Å². The molecular weight excluding hydrogens is 490 g/mol. The third-order valence-electron chi connectivity index (χ3n) is 8.63.